The molecule has 186 valence electrons. The van der Waals surface area contributed by atoms with Crippen LogP contribution in [0.15, 0.2) is 58.5 Å². The van der Waals surface area contributed by atoms with Gasteiger partial charge >= 0.3 is 5.97 Å². The number of halogens is 1. The molecule has 0 fully saturated rings. The third-order valence-electron chi connectivity index (χ3n) is 6.66. The van der Waals surface area contributed by atoms with Crippen LogP contribution in [0, 0.1) is 11.2 Å². The number of benzene rings is 2. The number of thioether (sulfide) groups is 1. The Bertz CT molecular complexity index is 1040. The summed E-state index contributed by atoms with van der Waals surface area (Å²) in [4.78, 5) is 12.0. The van der Waals surface area contributed by atoms with Gasteiger partial charge in [-0.3, -0.25) is 9.11 Å². The van der Waals surface area contributed by atoms with Crippen LogP contribution in [0.3, 0.4) is 0 Å². The Morgan fingerprint density at radius 1 is 1.26 bits per heavy atom. The standard InChI is InChI=1S/C26H33FO5S2/c1-4-6-12-26(5-2)16-21(18-7-9-19(27)10-8-18)20-14-23(33-3)22(32-13-11-25(28)29)15-24(20)34(30,31)17-26/h7-11,13-15,21,30-31H,4-6,12,16-17H2,1-3H3,(H,28,29)/b13-11+. The first-order chi connectivity index (χ1) is 16.1. The molecule has 0 aliphatic carbocycles. The number of ether oxygens (including phenoxy) is 1. The van der Waals surface area contributed by atoms with Crippen LogP contribution in [0.2, 0.25) is 0 Å². The Morgan fingerprint density at radius 2 is 1.97 bits per heavy atom. The fourth-order valence-corrected chi connectivity index (χ4v) is 7.68. The van der Waals surface area contributed by atoms with Crippen molar-refractivity contribution < 1.29 is 28.1 Å². The normalized spacial score (nSPS) is 22.7. The Kier molecular flexibility index (Phi) is 8.73. The summed E-state index contributed by atoms with van der Waals surface area (Å²) in [7, 11) is -3.17. The van der Waals surface area contributed by atoms with Crippen molar-refractivity contribution in [2.75, 3.05) is 12.0 Å². The molecule has 2 unspecified atom stereocenters. The second-order valence-corrected chi connectivity index (χ2v) is 11.8. The second kappa shape index (κ2) is 11.2. The molecule has 3 rings (SSSR count). The Morgan fingerprint density at radius 3 is 2.56 bits per heavy atom. The predicted molar refractivity (Wildman–Crippen MR) is 137 cm³/mol. The van der Waals surface area contributed by atoms with Gasteiger partial charge in [0.05, 0.1) is 22.1 Å². The summed E-state index contributed by atoms with van der Waals surface area (Å²) in [6, 6.07) is 10.0. The van der Waals surface area contributed by atoms with Crippen LogP contribution in [-0.4, -0.2) is 32.2 Å². The highest BCUT2D eigenvalue weighted by molar-refractivity contribution is 8.24. The summed E-state index contributed by atoms with van der Waals surface area (Å²) in [6.07, 6.45) is 8.26. The van der Waals surface area contributed by atoms with Gasteiger partial charge in [-0.1, -0.05) is 38.8 Å². The number of hydrogen-bond acceptors (Lipinski definition) is 5. The van der Waals surface area contributed by atoms with Gasteiger partial charge in [0.25, 0.3) is 0 Å². The van der Waals surface area contributed by atoms with Crippen LogP contribution in [-0.2, 0) is 4.79 Å². The Hall–Kier alpha value is -2.00. The molecule has 0 spiro atoms. The zero-order valence-electron chi connectivity index (χ0n) is 19.8. The monoisotopic (exact) mass is 508 g/mol. The van der Waals surface area contributed by atoms with E-state index < -0.39 is 16.6 Å². The number of hydrogen-bond donors (Lipinski definition) is 3. The van der Waals surface area contributed by atoms with Crippen LogP contribution >= 0.6 is 22.4 Å². The van der Waals surface area contributed by atoms with E-state index >= 15 is 0 Å². The molecule has 3 N–H and O–H groups in total. The van der Waals surface area contributed by atoms with E-state index in [1.165, 1.54) is 23.9 Å². The first-order valence-electron chi connectivity index (χ1n) is 11.4. The molecule has 2 aromatic carbocycles. The van der Waals surface area contributed by atoms with E-state index in [1.807, 2.05) is 12.3 Å². The fourth-order valence-electron chi connectivity index (χ4n) is 4.78. The van der Waals surface area contributed by atoms with Gasteiger partial charge in [0, 0.05) is 17.7 Å². The topological polar surface area (TPSA) is 87.0 Å². The van der Waals surface area contributed by atoms with Gasteiger partial charge < -0.3 is 9.84 Å². The maximum absolute atomic E-state index is 13.7. The Labute approximate surface area is 206 Å². The van der Waals surface area contributed by atoms with E-state index in [9.17, 15) is 18.3 Å². The van der Waals surface area contributed by atoms with Crippen molar-refractivity contribution in [2.24, 2.45) is 5.41 Å². The summed E-state index contributed by atoms with van der Waals surface area (Å²) in [6.45, 7) is 4.23. The van der Waals surface area contributed by atoms with E-state index in [2.05, 4.69) is 13.8 Å². The summed E-state index contributed by atoms with van der Waals surface area (Å²) in [5, 5.41) is 8.89. The zero-order chi connectivity index (χ0) is 24.9. The molecular formula is C26H33FO5S2. The molecule has 8 heteroatoms. The second-order valence-electron chi connectivity index (χ2n) is 8.88. The summed E-state index contributed by atoms with van der Waals surface area (Å²) in [5.41, 5.74) is 1.45. The quantitative estimate of drug-likeness (QED) is 0.182. The molecule has 0 radical (unpaired) electrons. The number of unbranched alkanes of at least 4 members (excludes halogenated alkanes) is 1. The van der Waals surface area contributed by atoms with Crippen molar-refractivity contribution >= 4 is 28.3 Å². The SMILES string of the molecule is CCCCC1(CC)CC(c2ccc(F)cc2)c2cc(SC)c(O/C=C/C(=O)O)cc2S(O)(O)C1. The number of rotatable bonds is 9. The van der Waals surface area contributed by atoms with Gasteiger partial charge in [-0.05, 0) is 60.3 Å². The molecule has 1 aliphatic rings. The largest absolute Gasteiger partial charge is 0.478 e. The third-order valence-corrected chi connectivity index (χ3v) is 9.49. The van der Waals surface area contributed by atoms with Crippen LogP contribution in [0.1, 0.15) is 63.0 Å². The molecule has 1 heterocycles. The van der Waals surface area contributed by atoms with Crippen LogP contribution in [0.25, 0.3) is 0 Å². The lowest BCUT2D eigenvalue weighted by Crippen LogP contribution is -2.28. The molecule has 0 saturated carbocycles. The third kappa shape index (κ3) is 5.97. The van der Waals surface area contributed by atoms with Gasteiger partial charge in [0.1, 0.15) is 11.6 Å². The highest BCUT2D eigenvalue weighted by Gasteiger charge is 2.42. The van der Waals surface area contributed by atoms with E-state index in [4.69, 9.17) is 9.84 Å². The summed E-state index contributed by atoms with van der Waals surface area (Å²) < 4.78 is 42.3. The van der Waals surface area contributed by atoms with Crippen molar-refractivity contribution in [1.29, 1.82) is 0 Å². The molecule has 1 aliphatic heterocycles. The lowest BCUT2D eigenvalue weighted by atomic mass is 9.71. The van der Waals surface area contributed by atoms with Gasteiger partial charge in [0.2, 0.25) is 0 Å². The van der Waals surface area contributed by atoms with Crippen molar-refractivity contribution in [3.63, 3.8) is 0 Å². The molecular weight excluding hydrogens is 475 g/mol. The highest BCUT2D eigenvalue weighted by Crippen LogP contribution is 2.63. The van der Waals surface area contributed by atoms with Gasteiger partial charge in [-0.15, -0.1) is 11.8 Å². The zero-order valence-corrected chi connectivity index (χ0v) is 21.4. The number of carbonyl (C=O) groups is 1. The van der Waals surface area contributed by atoms with E-state index in [1.54, 1.807) is 18.2 Å². The number of aliphatic carboxylic acids is 1. The van der Waals surface area contributed by atoms with E-state index in [0.29, 0.717) is 10.6 Å². The van der Waals surface area contributed by atoms with Crippen LogP contribution in [0.5, 0.6) is 5.75 Å². The first kappa shape index (κ1) is 26.6. The highest BCUT2D eigenvalue weighted by atomic mass is 32.3. The van der Waals surface area contributed by atoms with Crippen LogP contribution < -0.4 is 4.74 Å². The average Bonchev–Trinajstić information content (AvgIpc) is 2.90. The number of carboxylic acid groups (broad SMARTS) is 1. The van der Waals surface area contributed by atoms with Gasteiger partial charge in [0.15, 0.2) is 0 Å². The minimum absolute atomic E-state index is 0.143. The molecule has 5 nitrogen and oxygen atoms in total. The van der Waals surface area contributed by atoms with Crippen molar-refractivity contribution in [3.05, 3.63) is 65.7 Å². The van der Waals surface area contributed by atoms with Gasteiger partial charge in [-0.2, -0.15) is 10.6 Å². The molecule has 34 heavy (non-hydrogen) atoms. The minimum Gasteiger partial charge on any atom is -0.478 e. The molecule has 2 aromatic rings. The summed E-state index contributed by atoms with van der Waals surface area (Å²) >= 11 is 1.43. The Balaban J connectivity index is 2.21. The fraction of sp³-hybridized carbons (Fsp3) is 0.423. The minimum atomic E-state index is -3.17. The van der Waals surface area contributed by atoms with Crippen molar-refractivity contribution in [2.45, 2.75) is 61.7 Å². The number of fused-ring (bicyclic) bond motifs is 1. The first-order valence-corrected chi connectivity index (χ1v) is 14.4. The van der Waals surface area contributed by atoms with Crippen LogP contribution in [0.4, 0.5) is 4.39 Å². The van der Waals surface area contributed by atoms with E-state index in [-0.39, 0.29) is 22.9 Å². The molecule has 0 amide bonds. The smallest absolute Gasteiger partial charge is 0.331 e. The van der Waals surface area contributed by atoms with Crippen molar-refractivity contribution in [1.82, 2.24) is 0 Å². The van der Waals surface area contributed by atoms with E-state index in [0.717, 1.165) is 60.5 Å². The lowest BCUT2D eigenvalue weighted by molar-refractivity contribution is -0.131. The average molecular weight is 509 g/mol. The lowest BCUT2D eigenvalue weighted by Gasteiger charge is -2.41. The maximum atomic E-state index is 13.7. The van der Waals surface area contributed by atoms with Gasteiger partial charge in [-0.25, -0.2) is 9.18 Å². The molecule has 2 atom stereocenters. The molecule has 0 bridgehead atoms. The number of carboxylic acids is 1. The molecule has 0 saturated heterocycles. The predicted octanol–water partition coefficient (Wildman–Crippen LogP) is 7.76. The summed E-state index contributed by atoms with van der Waals surface area (Å²) in [5.74, 6) is -0.961. The molecule has 0 aromatic heterocycles. The maximum Gasteiger partial charge on any atom is 0.331 e. The van der Waals surface area contributed by atoms with Crippen molar-refractivity contribution in [3.8, 4) is 5.75 Å².